The molecule has 0 spiro atoms. The predicted molar refractivity (Wildman–Crippen MR) is 145 cm³/mol. The lowest BCUT2D eigenvalue weighted by Crippen LogP contribution is -2.07. The molecule has 0 amide bonds. The Hall–Kier alpha value is -4.63. The van der Waals surface area contributed by atoms with E-state index >= 15 is 0 Å². The topological polar surface area (TPSA) is 22.1 Å². The summed E-state index contributed by atoms with van der Waals surface area (Å²) in [5, 5.41) is 0.396. The van der Waals surface area contributed by atoms with Crippen molar-refractivity contribution in [3.05, 3.63) is 131 Å². The highest BCUT2D eigenvalue weighted by Crippen LogP contribution is 2.39. The van der Waals surface area contributed by atoms with Gasteiger partial charge in [-0.25, -0.2) is 4.39 Å². The van der Waals surface area contributed by atoms with E-state index in [0.717, 1.165) is 17.2 Å². The summed E-state index contributed by atoms with van der Waals surface area (Å²) < 4.78 is 61.8. The van der Waals surface area contributed by atoms with Crippen molar-refractivity contribution in [2.45, 2.75) is 26.1 Å². The molecular weight excluding hydrogens is 502 g/mol. The van der Waals surface area contributed by atoms with E-state index in [0.29, 0.717) is 39.8 Å². The molecule has 0 atom stereocenters. The lowest BCUT2D eigenvalue weighted by Gasteiger charge is -2.17. The quantitative estimate of drug-likeness (QED) is 0.164. The van der Waals surface area contributed by atoms with Crippen LogP contribution in [-0.2, 0) is 19.2 Å². The van der Waals surface area contributed by atoms with Crippen LogP contribution in [0.3, 0.4) is 0 Å². The van der Waals surface area contributed by atoms with Gasteiger partial charge in [-0.3, -0.25) is 4.98 Å². The summed E-state index contributed by atoms with van der Waals surface area (Å²) in [5.41, 5.74) is 3.24. The van der Waals surface area contributed by atoms with Crippen molar-refractivity contribution in [1.29, 1.82) is 0 Å². The highest BCUT2D eigenvalue weighted by Gasteiger charge is 2.33. The van der Waals surface area contributed by atoms with Crippen molar-refractivity contribution < 1.29 is 22.3 Å². The number of halogens is 4. The molecule has 1 heterocycles. The second kappa shape index (κ2) is 11.0. The van der Waals surface area contributed by atoms with Gasteiger partial charge >= 0.3 is 6.18 Å². The van der Waals surface area contributed by atoms with Gasteiger partial charge < -0.3 is 4.74 Å². The monoisotopic (exact) mass is 525 g/mol. The zero-order chi connectivity index (χ0) is 27.4. The van der Waals surface area contributed by atoms with Crippen molar-refractivity contribution >= 4 is 10.9 Å². The van der Waals surface area contributed by atoms with Gasteiger partial charge in [0.1, 0.15) is 18.2 Å². The van der Waals surface area contributed by atoms with E-state index in [1.807, 2.05) is 36.4 Å². The third kappa shape index (κ3) is 5.78. The lowest BCUT2D eigenvalue weighted by atomic mass is 9.92. The smallest absolute Gasteiger partial charge is 0.418 e. The number of pyridine rings is 1. The van der Waals surface area contributed by atoms with Gasteiger partial charge in [0.2, 0.25) is 0 Å². The number of rotatable bonds is 6. The molecule has 5 aromatic rings. The first kappa shape index (κ1) is 26.0. The third-order valence-electron chi connectivity index (χ3n) is 6.35. The number of ether oxygens (including phenoxy) is 1. The first-order valence-electron chi connectivity index (χ1n) is 12.3. The Balaban J connectivity index is 1.58. The van der Waals surface area contributed by atoms with E-state index in [1.54, 1.807) is 43.3 Å². The maximum atomic E-state index is 14.4. The van der Waals surface area contributed by atoms with E-state index < -0.39 is 17.6 Å². The van der Waals surface area contributed by atoms with Gasteiger partial charge in [0, 0.05) is 22.7 Å². The Morgan fingerprint density at radius 2 is 1.64 bits per heavy atom. The Bertz CT molecular complexity index is 1700. The van der Waals surface area contributed by atoms with Crippen LogP contribution in [0, 0.1) is 17.7 Å². The fourth-order valence-electron chi connectivity index (χ4n) is 4.59. The molecule has 0 aliphatic rings. The molecule has 0 saturated heterocycles. The van der Waals surface area contributed by atoms with Gasteiger partial charge in [-0.15, -0.1) is 5.92 Å². The number of fused-ring (bicyclic) bond motifs is 1. The maximum absolute atomic E-state index is 14.4. The van der Waals surface area contributed by atoms with Gasteiger partial charge in [-0.2, -0.15) is 13.2 Å². The van der Waals surface area contributed by atoms with Crippen LogP contribution in [0.2, 0.25) is 0 Å². The molecule has 0 saturated carbocycles. The Kier molecular flexibility index (Phi) is 7.33. The van der Waals surface area contributed by atoms with E-state index in [1.165, 1.54) is 18.3 Å². The fourth-order valence-corrected chi connectivity index (χ4v) is 4.59. The van der Waals surface area contributed by atoms with Crippen molar-refractivity contribution in [2.75, 3.05) is 0 Å². The number of benzene rings is 4. The minimum absolute atomic E-state index is 0.0271. The minimum Gasteiger partial charge on any atom is -0.489 e. The number of para-hydroxylation sites is 1. The van der Waals surface area contributed by atoms with Crippen molar-refractivity contribution in [1.82, 2.24) is 4.98 Å². The molecule has 39 heavy (non-hydrogen) atoms. The molecular formula is C33H23F4NO. The Morgan fingerprint density at radius 3 is 2.41 bits per heavy atom. The summed E-state index contributed by atoms with van der Waals surface area (Å²) >= 11 is 0. The molecule has 0 aliphatic carbocycles. The molecule has 0 aliphatic heterocycles. The molecule has 6 heteroatoms. The molecule has 194 valence electrons. The van der Waals surface area contributed by atoms with Crippen molar-refractivity contribution in [2.24, 2.45) is 0 Å². The number of alkyl halides is 3. The molecule has 0 radical (unpaired) electrons. The Morgan fingerprint density at radius 1 is 0.846 bits per heavy atom. The normalized spacial score (nSPS) is 11.2. The second-order valence-electron chi connectivity index (χ2n) is 9.02. The molecule has 0 fully saturated rings. The highest BCUT2D eigenvalue weighted by molar-refractivity contribution is 5.98. The largest absolute Gasteiger partial charge is 0.489 e. The van der Waals surface area contributed by atoms with E-state index in [9.17, 15) is 17.6 Å². The zero-order valence-corrected chi connectivity index (χ0v) is 21.0. The summed E-state index contributed by atoms with van der Waals surface area (Å²) in [6, 6.07) is 25.5. The highest BCUT2D eigenvalue weighted by atomic mass is 19.4. The first-order chi connectivity index (χ1) is 18.8. The number of aromatic nitrogens is 1. The van der Waals surface area contributed by atoms with Crippen LogP contribution in [0.4, 0.5) is 17.6 Å². The fraction of sp³-hybridized carbons (Fsp3) is 0.121. The molecule has 1 aromatic heterocycles. The SMILES string of the molecule is CC#Cc1ccc(F)c(COc2cccc(-c3c(Cc4ccccc4)cnc4c(C(F)(F)F)cccc34)c2)c1. The van der Waals surface area contributed by atoms with E-state index in [-0.39, 0.29) is 12.1 Å². The van der Waals surface area contributed by atoms with Crippen LogP contribution in [0.5, 0.6) is 5.75 Å². The van der Waals surface area contributed by atoms with Crippen LogP contribution in [-0.4, -0.2) is 4.98 Å². The number of hydrogen-bond acceptors (Lipinski definition) is 2. The summed E-state index contributed by atoms with van der Waals surface area (Å²) in [7, 11) is 0. The number of nitrogens with zero attached hydrogens (tertiary/aromatic N) is 1. The molecule has 0 N–H and O–H groups in total. The summed E-state index contributed by atoms with van der Waals surface area (Å²) in [6.07, 6.45) is -2.55. The van der Waals surface area contributed by atoms with Gasteiger partial charge in [-0.1, -0.05) is 60.5 Å². The van der Waals surface area contributed by atoms with Crippen LogP contribution in [0.25, 0.3) is 22.0 Å². The van der Waals surface area contributed by atoms with Gasteiger partial charge in [0.25, 0.3) is 0 Å². The van der Waals surface area contributed by atoms with Gasteiger partial charge in [-0.05, 0) is 72.0 Å². The summed E-state index contributed by atoms with van der Waals surface area (Å²) in [5.74, 6) is 5.75. The van der Waals surface area contributed by atoms with Gasteiger partial charge in [0.05, 0.1) is 11.1 Å². The predicted octanol–water partition coefficient (Wildman–Crippen LogP) is 8.60. The zero-order valence-electron chi connectivity index (χ0n) is 21.0. The molecule has 0 unspecified atom stereocenters. The summed E-state index contributed by atoms with van der Waals surface area (Å²) in [6.45, 7) is 1.68. The maximum Gasteiger partial charge on any atom is 0.418 e. The lowest BCUT2D eigenvalue weighted by molar-refractivity contribution is -0.136. The van der Waals surface area contributed by atoms with E-state index in [4.69, 9.17) is 4.74 Å². The Labute approximate surface area is 223 Å². The average molecular weight is 526 g/mol. The molecule has 0 bridgehead atoms. The average Bonchev–Trinajstić information content (AvgIpc) is 2.93. The summed E-state index contributed by atoms with van der Waals surface area (Å²) in [4.78, 5) is 4.26. The van der Waals surface area contributed by atoms with Crippen LogP contribution in [0.1, 0.15) is 34.7 Å². The molecule has 4 aromatic carbocycles. The van der Waals surface area contributed by atoms with Crippen LogP contribution >= 0.6 is 0 Å². The van der Waals surface area contributed by atoms with Crippen LogP contribution in [0.15, 0.2) is 97.2 Å². The standard InChI is InChI=1S/C33H23F4NO/c1-2-8-22-15-16-30(34)26(18-22)21-39-27-12-6-11-24(19-27)31-25(17-23-9-4-3-5-10-23)20-38-32-28(31)13-7-14-29(32)33(35,36)37/h3-7,9-16,18-20H,17,21H2,1H3. The molecule has 5 rings (SSSR count). The minimum atomic E-state index is -4.55. The third-order valence-corrected chi connectivity index (χ3v) is 6.35. The number of hydrogen-bond donors (Lipinski definition) is 0. The second-order valence-corrected chi connectivity index (χ2v) is 9.02. The first-order valence-corrected chi connectivity index (χ1v) is 12.3. The van der Waals surface area contributed by atoms with Crippen LogP contribution < -0.4 is 4.74 Å². The van der Waals surface area contributed by atoms with Crippen molar-refractivity contribution in [3.8, 4) is 28.7 Å². The molecule has 2 nitrogen and oxygen atoms in total. The van der Waals surface area contributed by atoms with E-state index in [2.05, 4.69) is 16.8 Å². The van der Waals surface area contributed by atoms with Gasteiger partial charge in [0.15, 0.2) is 0 Å². The van der Waals surface area contributed by atoms with Crippen molar-refractivity contribution in [3.63, 3.8) is 0 Å².